The molecule has 5 nitrogen and oxygen atoms in total. The van der Waals surface area contributed by atoms with Gasteiger partial charge in [-0.15, -0.1) is 0 Å². The maximum Gasteiger partial charge on any atom is 0.255 e. The number of benzene rings is 4. The van der Waals surface area contributed by atoms with Crippen LogP contribution in [0.1, 0.15) is 26.3 Å². The van der Waals surface area contributed by atoms with Gasteiger partial charge in [-0.25, -0.2) is 0 Å². The lowest BCUT2D eigenvalue weighted by molar-refractivity contribution is 0.102. The van der Waals surface area contributed by atoms with Crippen LogP contribution in [0.3, 0.4) is 0 Å². The standard InChI is InChI=1S/C24H18N2O3/c25-22-19-10-5-11-21(27)18(19)12-13-20(22)23(28)16-8-4-9-17(14-16)26-24(29)15-6-2-1-3-7-15/h1-14,27H,25H2,(H,26,29). The Morgan fingerprint density at radius 1 is 0.759 bits per heavy atom. The van der Waals surface area contributed by atoms with Crippen LogP contribution >= 0.6 is 0 Å². The Kier molecular flexibility index (Phi) is 4.71. The topological polar surface area (TPSA) is 92.4 Å². The molecule has 4 rings (SSSR count). The highest BCUT2D eigenvalue weighted by molar-refractivity contribution is 6.17. The summed E-state index contributed by atoms with van der Waals surface area (Å²) in [5, 5.41) is 14.0. The summed E-state index contributed by atoms with van der Waals surface area (Å²) in [4.78, 5) is 25.4. The number of nitrogens with one attached hydrogen (secondary N) is 1. The first-order chi connectivity index (χ1) is 14.0. The van der Waals surface area contributed by atoms with Gasteiger partial charge in [0.25, 0.3) is 5.91 Å². The van der Waals surface area contributed by atoms with Crippen molar-refractivity contribution in [3.8, 4) is 5.75 Å². The monoisotopic (exact) mass is 382 g/mol. The minimum absolute atomic E-state index is 0.110. The van der Waals surface area contributed by atoms with Crippen LogP contribution in [0.4, 0.5) is 11.4 Å². The van der Waals surface area contributed by atoms with Crippen LogP contribution < -0.4 is 11.1 Å². The molecule has 0 aliphatic rings. The summed E-state index contributed by atoms with van der Waals surface area (Å²) in [6, 6.07) is 23.9. The number of carbonyl (C=O) groups is 2. The highest BCUT2D eigenvalue weighted by atomic mass is 16.3. The van der Waals surface area contributed by atoms with Crippen molar-refractivity contribution in [2.75, 3.05) is 11.1 Å². The zero-order valence-electron chi connectivity index (χ0n) is 15.4. The molecule has 0 unspecified atom stereocenters. The van der Waals surface area contributed by atoms with Gasteiger partial charge in [0.15, 0.2) is 5.78 Å². The highest BCUT2D eigenvalue weighted by Gasteiger charge is 2.16. The number of anilines is 2. The van der Waals surface area contributed by atoms with E-state index in [2.05, 4.69) is 5.32 Å². The van der Waals surface area contributed by atoms with Crippen LogP contribution in [-0.4, -0.2) is 16.8 Å². The maximum atomic E-state index is 13.0. The van der Waals surface area contributed by atoms with E-state index in [-0.39, 0.29) is 17.4 Å². The molecule has 4 aromatic carbocycles. The van der Waals surface area contributed by atoms with E-state index < -0.39 is 0 Å². The van der Waals surface area contributed by atoms with Gasteiger partial charge in [-0.3, -0.25) is 9.59 Å². The Morgan fingerprint density at radius 3 is 2.28 bits per heavy atom. The van der Waals surface area contributed by atoms with E-state index in [1.54, 1.807) is 78.9 Å². The first-order valence-corrected chi connectivity index (χ1v) is 9.06. The lowest BCUT2D eigenvalue weighted by Gasteiger charge is -2.11. The normalized spacial score (nSPS) is 10.6. The number of hydrogen-bond acceptors (Lipinski definition) is 4. The van der Waals surface area contributed by atoms with Crippen molar-refractivity contribution in [2.45, 2.75) is 0 Å². The van der Waals surface area contributed by atoms with Gasteiger partial charge in [0.2, 0.25) is 0 Å². The van der Waals surface area contributed by atoms with Crippen molar-refractivity contribution in [1.82, 2.24) is 0 Å². The third-order valence-electron chi connectivity index (χ3n) is 4.74. The first-order valence-electron chi connectivity index (χ1n) is 9.06. The van der Waals surface area contributed by atoms with Crippen molar-refractivity contribution in [3.63, 3.8) is 0 Å². The number of amides is 1. The van der Waals surface area contributed by atoms with Gasteiger partial charge in [0.1, 0.15) is 5.75 Å². The van der Waals surface area contributed by atoms with Crippen molar-refractivity contribution >= 4 is 33.8 Å². The van der Waals surface area contributed by atoms with Gasteiger partial charge < -0.3 is 16.2 Å². The fraction of sp³-hybridized carbons (Fsp3) is 0. The lowest BCUT2D eigenvalue weighted by Crippen LogP contribution is -2.12. The molecule has 5 heteroatoms. The van der Waals surface area contributed by atoms with Crippen molar-refractivity contribution in [2.24, 2.45) is 0 Å². The molecule has 0 saturated heterocycles. The third kappa shape index (κ3) is 3.53. The predicted molar refractivity (Wildman–Crippen MR) is 114 cm³/mol. The maximum absolute atomic E-state index is 13.0. The summed E-state index contributed by atoms with van der Waals surface area (Å²) >= 11 is 0. The Balaban J connectivity index is 1.65. The minimum Gasteiger partial charge on any atom is -0.507 e. The van der Waals surface area contributed by atoms with Gasteiger partial charge in [0.05, 0.1) is 5.69 Å². The molecule has 4 aromatic rings. The zero-order valence-corrected chi connectivity index (χ0v) is 15.4. The van der Waals surface area contributed by atoms with Crippen LogP contribution in [0.2, 0.25) is 0 Å². The molecular formula is C24H18N2O3. The molecule has 0 atom stereocenters. The van der Waals surface area contributed by atoms with Crippen molar-refractivity contribution < 1.29 is 14.7 Å². The summed E-state index contributed by atoms with van der Waals surface area (Å²) in [6.45, 7) is 0. The predicted octanol–water partition coefficient (Wildman–Crippen LogP) is 4.61. The van der Waals surface area contributed by atoms with E-state index in [0.29, 0.717) is 38.8 Å². The Morgan fingerprint density at radius 2 is 1.48 bits per heavy atom. The van der Waals surface area contributed by atoms with Gasteiger partial charge in [-0.2, -0.15) is 0 Å². The molecule has 4 N–H and O–H groups in total. The number of phenols is 1. The van der Waals surface area contributed by atoms with Crippen LogP contribution in [0.25, 0.3) is 10.8 Å². The molecule has 0 radical (unpaired) electrons. The summed E-state index contributed by atoms with van der Waals surface area (Å²) in [7, 11) is 0. The van der Waals surface area contributed by atoms with Gasteiger partial charge >= 0.3 is 0 Å². The van der Waals surface area contributed by atoms with Crippen LogP contribution in [0.5, 0.6) is 5.75 Å². The molecule has 0 aromatic heterocycles. The smallest absolute Gasteiger partial charge is 0.255 e. The van der Waals surface area contributed by atoms with Gasteiger partial charge in [-0.1, -0.05) is 42.5 Å². The van der Waals surface area contributed by atoms with Gasteiger partial charge in [0, 0.05) is 33.2 Å². The first kappa shape index (κ1) is 18.3. The molecule has 1 amide bonds. The number of rotatable bonds is 4. The van der Waals surface area contributed by atoms with Crippen molar-refractivity contribution in [1.29, 1.82) is 0 Å². The molecule has 29 heavy (non-hydrogen) atoms. The summed E-state index contributed by atoms with van der Waals surface area (Å²) < 4.78 is 0. The Hall–Kier alpha value is -4.12. The van der Waals surface area contributed by atoms with Gasteiger partial charge in [-0.05, 0) is 42.5 Å². The van der Waals surface area contributed by atoms with E-state index in [9.17, 15) is 14.7 Å². The average molecular weight is 382 g/mol. The third-order valence-corrected chi connectivity index (χ3v) is 4.74. The molecular weight excluding hydrogens is 364 g/mol. The van der Waals surface area contributed by atoms with Crippen LogP contribution in [-0.2, 0) is 0 Å². The molecule has 0 bridgehead atoms. The van der Waals surface area contributed by atoms with E-state index in [1.165, 1.54) is 0 Å². The minimum atomic E-state index is -0.261. The molecule has 142 valence electrons. The number of ketones is 1. The SMILES string of the molecule is Nc1c(C(=O)c2cccc(NC(=O)c3ccccc3)c2)ccc2c(O)cccc12. The second-order valence-corrected chi connectivity index (χ2v) is 6.63. The number of phenolic OH excluding ortho intramolecular Hbond substituents is 1. The molecule has 0 aliphatic carbocycles. The number of fused-ring (bicyclic) bond motifs is 1. The summed E-state index contributed by atoms with van der Waals surface area (Å²) in [5.74, 6) is -0.404. The number of hydrogen-bond donors (Lipinski definition) is 3. The molecule has 0 saturated carbocycles. The molecule has 0 spiro atoms. The molecule has 0 aliphatic heterocycles. The average Bonchev–Trinajstić information content (AvgIpc) is 2.75. The Bertz CT molecular complexity index is 1230. The second kappa shape index (κ2) is 7.48. The summed E-state index contributed by atoms with van der Waals surface area (Å²) in [6.07, 6.45) is 0. The zero-order chi connectivity index (χ0) is 20.4. The van der Waals surface area contributed by atoms with Crippen LogP contribution in [0.15, 0.2) is 84.9 Å². The number of nitrogens with two attached hydrogens (primary N) is 1. The summed E-state index contributed by atoms with van der Waals surface area (Å²) in [5.41, 5.74) is 8.32. The fourth-order valence-corrected chi connectivity index (χ4v) is 3.25. The largest absolute Gasteiger partial charge is 0.507 e. The second-order valence-electron chi connectivity index (χ2n) is 6.63. The van der Waals surface area contributed by atoms with E-state index in [4.69, 9.17) is 5.73 Å². The van der Waals surface area contributed by atoms with E-state index in [1.807, 2.05) is 6.07 Å². The fourth-order valence-electron chi connectivity index (χ4n) is 3.25. The van der Waals surface area contributed by atoms with Crippen molar-refractivity contribution in [3.05, 3.63) is 102 Å². The quantitative estimate of drug-likeness (QED) is 0.355. The number of nitrogen functional groups attached to an aromatic ring is 1. The van der Waals surface area contributed by atoms with E-state index in [0.717, 1.165) is 0 Å². The number of carbonyl (C=O) groups excluding carboxylic acids is 2. The number of aromatic hydroxyl groups is 1. The van der Waals surface area contributed by atoms with Crippen LogP contribution in [0, 0.1) is 0 Å². The molecule has 0 fully saturated rings. The molecule has 0 heterocycles. The highest BCUT2D eigenvalue weighted by Crippen LogP contribution is 2.32. The van der Waals surface area contributed by atoms with E-state index >= 15 is 0 Å². The lowest BCUT2D eigenvalue weighted by atomic mass is 9.97. The Labute approximate surface area is 167 Å².